The molecule has 0 atom stereocenters. The van der Waals surface area contributed by atoms with Gasteiger partial charge in [-0.2, -0.15) is 13.2 Å². The summed E-state index contributed by atoms with van der Waals surface area (Å²) in [6, 6.07) is 2.64. The molecule has 0 saturated carbocycles. The third-order valence-electron chi connectivity index (χ3n) is 3.63. The fourth-order valence-electron chi connectivity index (χ4n) is 2.28. The number of thiazole rings is 1. The number of guanidine groups is 1. The van der Waals surface area contributed by atoms with Crippen LogP contribution in [0.4, 0.5) is 17.6 Å². The second-order valence-corrected chi connectivity index (χ2v) is 6.68. The Morgan fingerprint density at radius 1 is 1.26 bits per heavy atom. The van der Waals surface area contributed by atoms with Crippen molar-refractivity contribution in [2.24, 2.45) is 4.99 Å². The molecule has 2 aromatic rings. The number of rotatable bonds is 6. The maximum Gasteiger partial charge on any atom is 0.416 e. The number of nitrogens with zero attached hydrogens (tertiary/aromatic N) is 2. The van der Waals surface area contributed by atoms with Crippen LogP contribution in [0, 0.1) is 5.82 Å². The van der Waals surface area contributed by atoms with E-state index in [0.717, 1.165) is 23.6 Å². The molecule has 150 valence electrons. The summed E-state index contributed by atoms with van der Waals surface area (Å²) in [6.45, 7) is 2.49. The highest BCUT2D eigenvalue weighted by Crippen LogP contribution is 2.32. The Morgan fingerprint density at radius 2 is 2.00 bits per heavy atom. The van der Waals surface area contributed by atoms with Crippen LogP contribution in [0.25, 0.3) is 0 Å². The van der Waals surface area contributed by atoms with Gasteiger partial charge in [-0.05, 0) is 24.1 Å². The van der Waals surface area contributed by atoms with Gasteiger partial charge in [0.2, 0.25) is 0 Å². The van der Waals surface area contributed by atoms with Gasteiger partial charge in [-0.15, -0.1) is 35.3 Å². The molecular formula is C17H21F4IN4S. The van der Waals surface area contributed by atoms with E-state index in [1.165, 1.54) is 11.9 Å². The van der Waals surface area contributed by atoms with Gasteiger partial charge < -0.3 is 10.6 Å². The summed E-state index contributed by atoms with van der Waals surface area (Å²) in [6.07, 6.45) is -1.14. The van der Waals surface area contributed by atoms with Crippen LogP contribution in [0.15, 0.2) is 29.4 Å². The van der Waals surface area contributed by atoms with Crippen molar-refractivity contribution in [3.8, 4) is 0 Å². The highest BCUT2D eigenvalue weighted by atomic mass is 127. The van der Waals surface area contributed by atoms with Crippen LogP contribution >= 0.6 is 35.3 Å². The average molecular weight is 516 g/mol. The Bertz CT molecular complexity index is 762. The van der Waals surface area contributed by atoms with Crippen LogP contribution in [-0.4, -0.2) is 24.5 Å². The van der Waals surface area contributed by atoms with Crippen LogP contribution in [0.3, 0.4) is 0 Å². The summed E-state index contributed by atoms with van der Waals surface area (Å²) in [5.74, 6) is -0.548. The van der Waals surface area contributed by atoms with E-state index in [1.807, 2.05) is 6.20 Å². The molecule has 0 radical (unpaired) electrons. The SMILES string of the molecule is CCc1cnc(CCNC(=NC)NCc2ccc(F)cc2C(F)(F)F)s1.I. The van der Waals surface area contributed by atoms with Gasteiger partial charge in [-0.3, -0.25) is 4.99 Å². The van der Waals surface area contributed by atoms with Gasteiger partial charge in [0, 0.05) is 37.6 Å². The van der Waals surface area contributed by atoms with Crippen LogP contribution < -0.4 is 10.6 Å². The summed E-state index contributed by atoms with van der Waals surface area (Å²) < 4.78 is 52.2. The Hall–Kier alpha value is -1.43. The lowest BCUT2D eigenvalue weighted by molar-refractivity contribution is -0.138. The smallest absolute Gasteiger partial charge is 0.356 e. The zero-order valence-electron chi connectivity index (χ0n) is 14.9. The normalized spacial score (nSPS) is 11.9. The molecule has 0 amide bonds. The summed E-state index contributed by atoms with van der Waals surface area (Å²) in [4.78, 5) is 9.50. The lowest BCUT2D eigenvalue weighted by atomic mass is 10.1. The lowest BCUT2D eigenvalue weighted by Crippen LogP contribution is -2.38. The van der Waals surface area contributed by atoms with Crippen molar-refractivity contribution in [3.63, 3.8) is 0 Å². The Balaban J connectivity index is 0.00000364. The van der Waals surface area contributed by atoms with Gasteiger partial charge in [0.05, 0.1) is 10.6 Å². The van der Waals surface area contributed by atoms with Crippen LogP contribution in [-0.2, 0) is 25.6 Å². The topological polar surface area (TPSA) is 49.3 Å². The number of hydrogen-bond acceptors (Lipinski definition) is 3. The Labute approximate surface area is 176 Å². The van der Waals surface area contributed by atoms with Gasteiger partial charge in [0.1, 0.15) is 5.82 Å². The number of hydrogen-bond donors (Lipinski definition) is 2. The van der Waals surface area contributed by atoms with Gasteiger partial charge in [-0.1, -0.05) is 13.0 Å². The quantitative estimate of drug-likeness (QED) is 0.259. The van der Waals surface area contributed by atoms with Crippen LogP contribution in [0.1, 0.15) is 27.9 Å². The second-order valence-electron chi connectivity index (χ2n) is 5.48. The number of nitrogens with one attached hydrogen (secondary N) is 2. The van der Waals surface area contributed by atoms with Crippen LogP contribution in [0.2, 0.25) is 0 Å². The average Bonchev–Trinajstić information content (AvgIpc) is 3.06. The molecule has 0 unspecified atom stereocenters. The number of alkyl halides is 3. The van der Waals surface area contributed by atoms with Crippen molar-refractivity contribution in [2.75, 3.05) is 13.6 Å². The molecule has 1 aromatic heterocycles. The second kappa shape index (κ2) is 10.8. The molecule has 4 nitrogen and oxygen atoms in total. The third kappa shape index (κ3) is 7.24. The Morgan fingerprint density at radius 3 is 2.59 bits per heavy atom. The predicted molar refractivity (Wildman–Crippen MR) is 110 cm³/mol. The molecule has 2 N–H and O–H groups in total. The zero-order chi connectivity index (χ0) is 19.2. The van der Waals surface area contributed by atoms with Gasteiger partial charge in [0.15, 0.2) is 5.96 Å². The molecule has 10 heteroatoms. The fraction of sp³-hybridized carbons (Fsp3) is 0.412. The summed E-state index contributed by atoms with van der Waals surface area (Å²) in [5.41, 5.74) is -1.04. The molecule has 0 bridgehead atoms. The van der Waals surface area contributed by atoms with E-state index >= 15 is 0 Å². The molecule has 0 fully saturated rings. The first-order valence-corrected chi connectivity index (χ1v) is 8.88. The van der Waals surface area contributed by atoms with Crippen molar-refractivity contribution < 1.29 is 17.6 Å². The third-order valence-corrected chi connectivity index (χ3v) is 4.83. The Kier molecular flexibility index (Phi) is 9.43. The number of benzene rings is 1. The van der Waals surface area contributed by atoms with E-state index in [-0.39, 0.29) is 36.1 Å². The van der Waals surface area contributed by atoms with Gasteiger partial charge >= 0.3 is 6.18 Å². The molecule has 0 aliphatic carbocycles. The molecule has 2 rings (SSSR count). The van der Waals surface area contributed by atoms with Crippen molar-refractivity contribution in [1.82, 2.24) is 15.6 Å². The highest BCUT2D eigenvalue weighted by Gasteiger charge is 2.33. The van der Waals surface area contributed by atoms with Gasteiger partial charge in [0.25, 0.3) is 0 Å². The van der Waals surface area contributed by atoms with Crippen LogP contribution in [0.5, 0.6) is 0 Å². The highest BCUT2D eigenvalue weighted by molar-refractivity contribution is 14.0. The molecule has 27 heavy (non-hydrogen) atoms. The number of aryl methyl sites for hydroxylation is 1. The lowest BCUT2D eigenvalue weighted by Gasteiger charge is -2.15. The first kappa shape index (κ1) is 23.6. The van der Waals surface area contributed by atoms with E-state index in [9.17, 15) is 17.6 Å². The van der Waals surface area contributed by atoms with Crippen molar-refractivity contribution >= 4 is 41.3 Å². The maximum atomic E-state index is 13.1. The molecule has 0 aliphatic heterocycles. The first-order valence-electron chi connectivity index (χ1n) is 8.07. The predicted octanol–water partition coefficient (Wildman–Crippen LogP) is 4.39. The van der Waals surface area contributed by atoms with E-state index in [1.54, 1.807) is 11.3 Å². The van der Waals surface area contributed by atoms with Gasteiger partial charge in [-0.25, -0.2) is 9.37 Å². The van der Waals surface area contributed by atoms with E-state index in [2.05, 4.69) is 27.5 Å². The van der Waals surface area contributed by atoms with Crippen molar-refractivity contribution in [3.05, 3.63) is 51.2 Å². The zero-order valence-corrected chi connectivity index (χ0v) is 18.0. The largest absolute Gasteiger partial charge is 0.416 e. The summed E-state index contributed by atoms with van der Waals surface area (Å²) in [5, 5.41) is 6.84. The summed E-state index contributed by atoms with van der Waals surface area (Å²) in [7, 11) is 1.53. The minimum absolute atomic E-state index is 0. The monoisotopic (exact) mass is 516 g/mol. The molecule has 0 aliphatic rings. The molecule has 0 saturated heterocycles. The number of aliphatic imine (C=N–C) groups is 1. The van der Waals surface area contributed by atoms with Crippen molar-refractivity contribution in [1.29, 1.82) is 0 Å². The fourth-order valence-corrected chi connectivity index (χ4v) is 3.14. The minimum Gasteiger partial charge on any atom is -0.356 e. The van der Waals surface area contributed by atoms with E-state index in [0.29, 0.717) is 25.0 Å². The molecule has 1 aromatic carbocycles. The first-order chi connectivity index (χ1) is 12.3. The standard InChI is InChI=1S/C17H20F4N4S.HI/c1-3-13-10-24-15(26-13)6-7-23-16(22-2)25-9-11-4-5-12(18)8-14(11)17(19,20)21;/h4-5,8,10H,3,6-7,9H2,1-2H3,(H2,22,23,25);1H. The molecule has 0 spiro atoms. The number of aromatic nitrogens is 1. The summed E-state index contributed by atoms with van der Waals surface area (Å²) >= 11 is 1.64. The van der Waals surface area contributed by atoms with Crippen molar-refractivity contribution in [2.45, 2.75) is 32.5 Å². The van der Waals surface area contributed by atoms with E-state index < -0.39 is 17.6 Å². The minimum atomic E-state index is -4.61. The molecular weight excluding hydrogens is 495 g/mol. The van der Waals surface area contributed by atoms with E-state index in [4.69, 9.17) is 0 Å². The molecule has 1 heterocycles. The number of halogens is 5. The maximum absolute atomic E-state index is 13.1.